The number of nitrogens with zero attached hydrogens (tertiary/aromatic N) is 4. The number of fused-ring (bicyclic) bond motifs is 12. The molecule has 0 aliphatic rings. The Morgan fingerprint density at radius 2 is 0.897 bits per heavy atom. The van der Waals surface area contributed by atoms with Gasteiger partial charge in [0.05, 0.1) is 11.0 Å². The molecule has 0 unspecified atom stereocenters. The highest BCUT2D eigenvalue weighted by Gasteiger charge is 2.21. The predicted octanol–water partition coefficient (Wildman–Crippen LogP) is 13.7. The predicted molar refractivity (Wildman–Crippen MR) is 232 cm³/mol. The van der Waals surface area contributed by atoms with E-state index in [1.165, 1.54) is 0 Å². The maximum atomic E-state index is 6.56. The van der Waals surface area contributed by atoms with E-state index in [0.29, 0.717) is 17.6 Å². The van der Waals surface area contributed by atoms with E-state index in [-0.39, 0.29) is 0 Å². The maximum Gasteiger partial charge on any atom is 0.238 e. The lowest BCUT2D eigenvalue weighted by atomic mass is 9.99. The van der Waals surface area contributed by atoms with Gasteiger partial charge in [-0.2, -0.15) is 9.97 Å². The molecule has 7 nitrogen and oxygen atoms in total. The molecule has 0 fully saturated rings. The minimum absolute atomic E-state index is 0.499. The number of rotatable bonds is 4. The lowest BCUT2D eigenvalue weighted by molar-refractivity contribution is 0.668. The molecule has 270 valence electrons. The second-order valence-electron chi connectivity index (χ2n) is 14.8. The van der Waals surface area contributed by atoms with Gasteiger partial charge in [0.1, 0.15) is 33.5 Å². The summed E-state index contributed by atoms with van der Waals surface area (Å²) in [7, 11) is 0. The first kappa shape index (κ1) is 31.2. The normalized spacial score (nSPS) is 12.1. The van der Waals surface area contributed by atoms with Crippen LogP contribution in [0.1, 0.15) is 0 Å². The molecular weight excluding hydrogens is 717 g/mol. The molecule has 0 saturated carbocycles. The first-order chi connectivity index (χ1) is 28.7. The van der Waals surface area contributed by atoms with Gasteiger partial charge in [0, 0.05) is 54.2 Å². The minimum Gasteiger partial charge on any atom is -0.456 e. The van der Waals surface area contributed by atoms with Crippen LogP contribution < -0.4 is 0 Å². The van der Waals surface area contributed by atoms with E-state index in [2.05, 4.69) is 108 Å². The van der Waals surface area contributed by atoms with Crippen molar-refractivity contribution in [2.24, 2.45) is 0 Å². The van der Waals surface area contributed by atoms with Crippen LogP contribution in [-0.4, -0.2) is 19.5 Å². The third kappa shape index (κ3) is 4.52. The number of hydrogen-bond acceptors (Lipinski definition) is 6. The second-order valence-corrected chi connectivity index (χ2v) is 14.8. The van der Waals surface area contributed by atoms with Gasteiger partial charge in [-0.3, -0.25) is 4.57 Å². The van der Waals surface area contributed by atoms with E-state index in [1.807, 2.05) is 66.7 Å². The van der Waals surface area contributed by atoms with E-state index >= 15 is 0 Å². The third-order valence-electron chi connectivity index (χ3n) is 11.5. The highest BCUT2D eigenvalue weighted by molar-refractivity contribution is 6.17. The Bertz CT molecular complexity index is 3810. The van der Waals surface area contributed by atoms with E-state index < -0.39 is 0 Å². The van der Waals surface area contributed by atoms with Gasteiger partial charge in [0.25, 0.3) is 0 Å². The summed E-state index contributed by atoms with van der Waals surface area (Å²) in [5.41, 5.74) is 10.7. The van der Waals surface area contributed by atoms with Crippen LogP contribution in [0.4, 0.5) is 0 Å². The van der Waals surface area contributed by atoms with Gasteiger partial charge in [0.15, 0.2) is 11.6 Å². The molecule has 0 aliphatic heterocycles. The molecular formula is C51H28N4O3. The van der Waals surface area contributed by atoms with Crippen LogP contribution in [0.25, 0.3) is 127 Å². The molecule has 8 aromatic carbocycles. The van der Waals surface area contributed by atoms with Gasteiger partial charge in [0.2, 0.25) is 5.95 Å². The molecule has 0 aliphatic carbocycles. The van der Waals surface area contributed by atoms with Crippen molar-refractivity contribution in [3.8, 4) is 39.9 Å². The van der Waals surface area contributed by atoms with Crippen molar-refractivity contribution >= 4 is 87.6 Å². The van der Waals surface area contributed by atoms with Crippen molar-refractivity contribution in [1.29, 1.82) is 0 Å². The molecule has 0 atom stereocenters. The molecule has 13 aromatic rings. The van der Waals surface area contributed by atoms with Crippen molar-refractivity contribution in [1.82, 2.24) is 19.5 Å². The first-order valence-electron chi connectivity index (χ1n) is 19.3. The van der Waals surface area contributed by atoms with Crippen molar-refractivity contribution < 1.29 is 13.3 Å². The van der Waals surface area contributed by atoms with E-state index in [9.17, 15) is 0 Å². The summed E-state index contributed by atoms with van der Waals surface area (Å²) in [5, 5.41) is 8.43. The highest BCUT2D eigenvalue weighted by Crippen LogP contribution is 2.41. The Morgan fingerprint density at radius 3 is 1.66 bits per heavy atom. The summed E-state index contributed by atoms with van der Waals surface area (Å²) < 4.78 is 21.4. The Balaban J connectivity index is 1.07. The zero-order valence-corrected chi connectivity index (χ0v) is 30.7. The number of furan rings is 3. The number of aromatic nitrogens is 4. The maximum absolute atomic E-state index is 6.56. The van der Waals surface area contributed by atoms with Crippen LogP contribution in [0.15, 0.2) is 183 Å². The first-order valence-corrected chi connectivity index (χ1v) is 19.3. The largest absolute Gasteiger partial charge is 0.456 e. The molecule has 5 heterocycles. The third-order valence-corrected chi connectivity index (χ3v) is 11.5. The lowest BCUT2D eigenvalue weighted by Gasteiger charge is -2.11. The molecule has 0 bridgehead atoms. The molecule has 0 radical (unpaired) electrons. The van der Waals surface area contributed by atoms with Crippen LogP contribution in [0.3, 0.4) is 0 Å². The van der Waals surface area contributed by atoms with Gasteiger partial charge >= 0.3 is 0 Å². The monoisotopic (exact) mass is 744 g/mol. The summed E-state index contributed by atoms with van der Waals surface area (Å²) >= 11 is 0. The fraction of sp³-hybridized carbons (Fsp3) is 0. The van der Waals surface area contributed by atoms with Gasteiger partial charge in [-0.1, -0.05) is 109 Å². The molecule has 0 saturated heterocycles. The quantitative estimate of drug-likeness (QED) is 0.178. The molecule has 13 rings (SSSR count). The average molecular weight is 745 g/mol. The van der Waals surface area contributed by atoms with Crippen molar-refractivity contribution in [2.45, 2.75) is 0 Å². The van der Waals surface area contributed by atoms with Crippen LogP contribution in [-0.2, 0) is 0 Å². The van der Waals surface area contributed by atoms with Crippen molar-refractivity contribution in [3.05, 3.63) is 170 Å². The summed E-state index contributed by atoms with van der Waals surface area (Å²) in [6.07, 6.45) is 0. The van der Waals surface area contributed by atoms with Gasteiger partial charge in [-0.05, 0) is 71.8 Å². The zero-order chi connectivity index (χ0) is 37.9. The van der Waals surface area contributed by atoms with Crippen LogP contribution in [0, 0.1) is 0 Å². The smallest absolute Gasteiger partial charge is 0.238 e. The number of benzene rings is 8. The summed E-state index contributed by atoms with van der Waals surface area (Å²) in [6.45, 7) is 0. The lowest BCUT2D eigenvalue weighted by Crippen LogP contribution is -2.06. The Morgan fingerprint density at radius 1 is 0.328 bits per heavy atom. The van der Waals surface area contributed by atoms with Crippen molar-refractivity contribution in [3.63, 3.8) is 0 Å². The molecule has 0 amide bonds. The average Bonchev–Trinajstić information content (AvgIpc) is 4.03. The Kier molecular flexibility index (Phi) is 6.32. The van der Waals surface area contributed by atoms with E-state index in [4.69, 9.17) is 28.2 Å². The zero-order valence-electron chi connectivity index (χ0n) is 30.7. The second kappa shape index (κ2) is 11.7. The fourth-order valence-corrected chi connectivity index (χ4v) is 8.81. The Hall–Kier alpha value is -8.03. The van der Waals surface area contributed by atoms with Crippen LogP contribution in [0.5, 0.6) is 0 Å². The minimum atomic E-state index is 0.499. The molecule has 0 spiro atoms. The molecule has 7 heteroatoms. The van der Waals surface area contributed by atoms with Gasteiger partial charge in [-0.25, -0.2) is 4.98 Å². The summed E-state index contributed by atoms with van der Waals surface area (Å²) in [6, 6.07) is 58.0. The standard InChI is InChI=1S/C51H28N4O3/c1-2-11-29(12-3-1)32-16-10-20-44-48(32)37-24-22-31(26-46(37)58-44)50-52-49(30-21-23-36-34-14-5-8-18-42(34)56-45(36)25-30)53-51(54-50)55-40-17-7-4-13-33(40)38-28-47-39(27-41(38)55)35-15-6-9-19-43(35)57-47/h1-28H. The number of hydrogen-bond donors (Lipinski definition) is 0. The molecule has 58 heavy (non-hydrogen) atoms. The highest BCUT2D eigenvalue weighted by atomic mass is 16.3. The molecule has 5 aromatic heterocycles. The Labute approximate surface area is 329 Å². The topological polar surface area (TPSA) is 83.0 Å². The fourth-order valence-electron chi connectivity index (χ4n) is 8.81. The summed E-state index contributed by atoms with van der Waals surface area (Å²) in [5.74, 6) is 1.55. The van der Waals surface area contributed by atoms with Gasteiger partial charge in [-0.15, -0.1) is 0 Å². The van der Waals surface area contributed by atoms with Gasteiger partial charge < -0.3 is 13.3 Å². The van der Waals surface area contributed by atoms with E-state index in [1.54, 1.807) is 0 Å². The van der Waals surface area contributed by atoms with E-state index in [0.717, 1.165) is 110 Å². The SMILES string of the molecule is c1ccc(-c2cccc3oc4cc(-c5nc(-c6ccc7c(c6)oc6ccccc67)nc(-n6c7ccccc7c7cc8oc9ccccc9c8cc76)n5)ccc4c23)cc1. The number of para-hydroxylation sites is 3. The molecule has 0 N–H and O–H groups in total. The van der Waals surface area contributed by atoms with Crippen LogP contribution >= 0.6 is 0 Å². The van der Waals surface area contributed by atoms with Crippen LogP contribution in [0.2, 0.25) is 0 Å². The summed E-state index contributed by atoms with van der Waals surface area (Å²) in [4.78, 5) is 15.7. The van der Waals surface area contributed by atoms with Crippen molar-refractivity contribution in [2.75, 3.05) is 0 Å².